The van der Waals surface area contributed by atoms with Gasteiger partial charge in [-0.3, -0.25) is 0 Å². The average Bonchev–Trinajstić information content (AvgIpc) is 2.77. The number of anilines is 1. The average molecular weight is 260 g/mol. The molecule has 19 heavy (non-hydrogen) atoms. The smallest absolute Gasteiger partial charge is 0.135 e. The van der Waals surface area contributed by atoms with Gasteiger partial charge in [0.15, 0.2) is 0 Å². The van der Waals surface area contributed by atoms with Crippen LogP contribution in [0.1, 0.15) is 43.9 Å². The van der Waals surface area contributed by atoms with E-state index in [2.05, 4.69) is 21.8 Å². The highest BCUT2D eigenvalue weighted by atomic mass is 15.2. The monoisotopic (exact) mass is 260 g/mol. The largest absolute Gasteiger partial charge is 0.356 e. The van der Waals surface area contributed by atoms with Crippen LogP contribution in [0.4, 0.5) is 5.82 Å². The second-order valence-electron chi connectivity index (χ2n) is 6.04. The third-order valence-electron chi connectivity index (χ3n) is 4.62. The van der Waals surface area contributed by atoms with Crippen LogP contribution in [0, 0.1) is 5.92 Å². The summed E-state index contributed by atoms with van der Waals surface area (Å²) >= 11 is 0. The zero-order valence-electron chi connectivity index (χ0n) is 11.8. The van der Waals surface area contributed by atoms with Crippen LogP contribution in [0.3, 0.4) is 0 Å². The van der Waals surface area contributed by atoms with E-state index in [0.29, 0.717) is 5.92 Å². The molecule has 1 aliphatic carbocycles. The fourth-order valence-corrected chi connectivity index (χ4v) is 3.36. The minimum atomic E-state index is 0.283. The Balaban J connectivity index is 1.85. The standard InChI is InChI=1S/C15H24N4/c1-11(16)12-7-8-19(9-12)15-13-5-3-2-4-6-14(13)17-10-18-15/h10-12H,2-9,16H2,1H3. The Morgan fingerprint density at radius 2 is 2.11 bits per heavy atom. The predicted octanol–water partition coefficient (Wildman–Crippen LogP) is 1.92. The lowest BCUT2D eigenvalue weighted by atomic mass is 10.0. The van der Waals surface area contributed by atoms with Crippen LogP contribution < -0.4 is 10.6 Å². The van der Waals surface area contributed by atoms with E-state index in [4.69, 9.17) is 5.73 Å². The van der Waals surface area contributed by atoms with Crippen molar-refractivity contribution in [3.05, 3.63) is 17.6 Å². The third-order valence-corrected chi connectivity index (χ3v) is 4.62. The first kappa shape index (κ1) is 12.9. The Morgan fingerprint density at radius 1 is 1.26 bits per heavy atom. The van der Waals surface area contributed by atoms with Crippen LogP contribution in [0.15, 0.2) is 6.33 Å². The molecular weight excluding hydrogens is 236 g/mol. The van der Waals surface area contributed by atoms with Gasteiger partial charge in [-0.15, -0.1) is 0 Å². The molecule has 0 aromatic carbocycles. The topological polar surface area (TPSA) is 55.0 Å². The van der Waals surface area contributed by atoms with Gasteiger partial charge in [0.25, 0.3) is 0 Å². The number of aromatic nitrogens is 2. The van der Waals surface area contributed by atoms with E-state index in [1.807, 2.05) is 0 Å². The number of nitrogens with two attached hydrogens (primary N) is 1. The molecule has 1 saturated heterocycles. The van der Waals surface area contributed by atoms with E-state index < -0.39 is 0 Å². The maximum absolute atomic E-state index is 6.04. The van der Waals surface area contributed by atoms with E-state index >= 15 is 0 Å². The minimum absolute atomic E-state index is 0.283. The highest BCUT2D eigenvalue weighted by Gasteiger charge is 2.28. The van der Waals surface area contributed by atoms with Crippen molar-refractivity contribution in [3.63, 3.8) is 0 Å². The molecule has 1 aromatic rings. The predicted molar refractivity (Wildman–Crippen MR) is 77.3 cm³/mol. The van der Waals surface area contributed by atoms with Crippen LogP contribution in [-0.2, 0) is 12.8 Å². The number of hydrogen-bond acceptors (Lipinski definition) is 4. The van der Waals surface area contributed by atoms with E-state index in [1.54, 1.807) is 6.33 Å². The molecule has 2 aliphatic rings. The maximum Gasteiger partial charge on any atom is 0.135 e. The molecule has 1 aliphatic heterocycles. The van der Waals surface area contributed by atoms with Crippen LogP contribution in [-0.4, -0.2) is 29.1 Å². The van der Waals surface area contributed by atoms with Crippen molar-refractivity contribution in [2.75, 3.05) is 18.0 Å². The van der Waals surface area contributed by atoms with Crippen molar-refractivity contribution >= 4 is 5.82 Å². The summed E-state index contributed by atoms with van der Waals surface area (Å²) in [5.41, 5.74) is 8.73. The second kappa shape index (κ2) is 5.45. The van der Waals surface area contributed by atoms with Gasteiger partial charge in [0.2, 0.25) is 0 Å². The molecule has 2 heterocycles. The molecule has 0 saturated carbocycles. The molecule has 1 aromatic heterocycles. The van der Waals surface area contributed by atoms with Crippen molar-refractivity contribution in [1.82, 2.24) is 9.97 Å². The van der Waals surface area contributed by atoms with Gasteiger partial charge in [0.1, 0.15) is 12.1 Å². The van der Waals surface area contributed by atoms with Gasteiger partial charge >= 0.3 is 0 Å². The number of hydrogen-bond donors (Lipinski definition) is 1. The van der Waals surface area contributed by atoms with Crippen molar-refractivity contribution in [2.24, 2.45) is 11.7 Å². The van der Waals surface area contributed by atoms with Crippen molar-refractivity contribution < 1.29 is 0 Å². The molecule has 0 radical (unpaired) electrons. The highest BCUT2D eigenvalue weighted by molar-refractivity contribution is 5.50. The fraction of sp³-hybridized carbons (Fsp3) is 0.733. The number of aryl methyl sites for hydroxylation is 1. The first-order chi connectivity index (χ1) is 9.25. The molecule has 2 N–H and O–H groups in total. The molecule has 2 atom stereocenters. The molecule has 0 bridgehead atoms. The van der Waals surface area contributed by atoms with Crippen LogP contribution in [0.2, 0.25) is 0 Å². The lowest BCUT2D eigenvalue weighted by Crippen LogP contribution is -2.30. The van der Waals surface area contributed by atoms with Crippen LogP contribution in [0.5, 0.6) is 0 Å². The quantitative estimate of drug-likeness (QED) is 0.825. The van der Waals surface area contributed by atoms with Crippen LogP contribution in [0.25, 0.3) is 0 Å². The van der Waals surface area contributed by atoms with E-state index in [9.17, 15) is 0 Å². The van der Waals surface area contributed by atoms with E-state index in [-0.39, 0.29) is 6.04 Å². The van der Waals surface area contributed by atoms with Crippen LogP contribution >= 0.6 is 0 Å². The Labute approximate surface area is 115 Å². The van der Waals surface area contributed by atoms with Gasteiger partial charge in [0.05, 0.1) is 0 Å². The molecule has 2 unspecified atom stereocenters. The zero-order valence-corrected chi connectivity index (χ0v) is 11.8. The van der Waals surface area contributed by atoms with Crippen molar-refractivity contribution in [3.8, 4) is 0 Å². The summed E-state index contributed by atoms with van der Waals surface area (Å²) in [5, 5.41) is 0. The van der Waals surface area contributed by atoms with Gasteiger partial charge in [-0.2, -0.15) is 0 Å². The molecule has 1 fully saturated rings. The van der Waals surface area contributed by atoms with Gasteiger partial charge in [-0.1, -0.05) is 6.42 Å². The summed E-state index contributed by atoms with van der Waals surface area (Å²) in [6.07, 6.45) is 9.07. The van der Waals surface area contributed by atoms with Gasteiger partial charge in [0, 0.05) is 30.4 Å². The Bertz CT molecular complexity index is 444. The second-order valence-corrected chi connectivity index (χ2v) is 6.04. The molecule has 4 heteroatoms. The van der Waals surface area contributed by atoms with Gasteiger partial charge in [-0.25, -0.2) is 9.97 Å². The van der Waals surface area contributed by atoms with E-state index in [0.717, 1.165) is 25.9 Å². The number of rotatable bonds is 2. The van der Waals surface area contributed by atoms with Gasteiger partial charge in [-0.05, 0) is 44.9 Å². The number of nitrogens with zero attached hydrogens (tertiary/aromatic N) is 3. The van der Waals surface area contributed by atoms with E-state index in [1.165, 1.54) is 42.8 Å². The highest BCUT2D eigenvalue weighted by Crippen LogP contribution is 2.30. The van der Waals surface area contributed by atoms with Crippen molar-refractivity contribution in [1.29, 1.82) is 0 Å². The summed E-state index contributed by atoms with van der Waals surface area (Å²) in [4.78, 5) is 11.5. The molecule has 4 nitrogen and oxygen atoms in total. The summed E-state index contributed by atoms with van der Waals surface area (Å²) in [7, 11) is 0. The normalized spacial score (nSPS) is 24.9. The zero-order chi connectivity index (χ0) is 13.2. The van der Waals surface area contributed by atoms with Crippen molar-refractivity contribution in [2.45, 2.75) is 51.5 Å². The first-order valence-corrected chi connectivity index (χ1v) is 7.59. The summed E-state index contributed by atoms with van der Waals surface area (Å²) < 4.78 is 0. The SMILES string of the molecule is CC(N)C1CCN(c2ncnc3c2CCCCC3)C1. The molecular formula is C15H24N4. The molecule has 104 valence electrons. The summed E-state index contributed by atoms with van der Waals surface area (Å²) in [6.45, 7) is 4.27. The number of fused-ring (bicyclic) bond motifs is 1. The molecule has 0 spiro atoms. The maximum atomic E-state index is 6.04. The minimum Gasteiger partial charge on any atom is -0.356 e. The van der Waals surface area contributed by atoms with Gasteiger partial charge < -0.3 is 10.6 Å². The Hall–Kier alpha value is -1.16. The fourth-order valence-electron chi connectivity index (χ4n) is 3.36. The molecule has 3 rings (SSSR count). The third kappa shape index (κ3) is 2.59. The first-order valence-electron chi connectivity index (χ1n) is 7.59. The lowest BCUT2D eigenvalue weighted by Gasteiger charge is -2.22. The molecule has 0 amide bonds. The lowest BCUT2D eigenvalue weighted by molar-refractivity contribution is 0.488. The Kier molecular flexibility index (Phi) is 3.69. The summed E-state index contributed by atoms with van der Waals surface area (Å²) in [5.74, 6) is 1.80. The summed E-state index contributed by atoms with van der Waals surface area (Å²) in [6, 6.07) is 0.283. The Morgan fingerprint density at radius 3 is 2.89 bits per heavy atom.